The lowest BCUT2D eigenvalue weighted by Crippen LogP contribution is -2.42. The third-order valence-corrected chi connectivity index (χ3v) is 2.91. The summed E-state index contributed by atoms with van der Waals surface area (Å²) in [5.41, 5.74) is 0. The van der Waals surface area contributed by atoms with Crippen LogP contribution in [0.5, 0.6) is 0 Å². The lowest BCUT2D eigenvalue weighted by atomic mass is 9.94. The van der Waals surface area contributed by atoms with Crippen molar-refractivity contribution in [2.45, 2.75) is 25.9 Å². The van der Waals surface area contributed by atoms with Gasteiger partial charge in [-0.15, -0.1) is 0 Å². The van der Waals surface area contributed by atoms with Crippen molar-refractivity contribution < 1.29 is 14.6 Å². The number of methoxy groups -OCH3 is 1. The second kappa shape index (κ2) is 6.20. The summed E-state index contributed by atoms with van der Waals surface area (Å²) in [5, 5.41) is 9.57. The lowest BCUT2D eigenvalue weighted by molar-refractivity contribution is -0.122. The molecule has 0 radical (unpaired) electrons. The molecule has 0 amide bonds. The van der Waals surface area contributed by atoms with Gasteiger partial charge in [-0.3, -0.25) is 9.69 Å². The van der Waals surface area contributed by atoms with Crippen LogP contribution in [0.2, 0.25) is 0 Å². The maximum Gasteiger partial charge on any atom is 0.134 e. The number of carbonyl (C=O) groups is 1. The highest BCUT2D eigenvalue weighted by molar-refractivity contribution is 5.78. The van der Waals surface area contributed by atoms with Crippen LogP contribution in [0, 0.1) is 5.92 Å². The van der Waals surface area contributed by atoms with Crippen molar-refractivity contribution in [3.8, 4) is 0 Å². The van der Waals surface area contributed by atoms with Crippen LogP contribution in [0.25, 0.3) is 0 Å². The molecule has 1 N–H and O–H groups in total. The van der Waals surface area contributed by atoms with Crippen molar-refractivity contribution in [1.29, 1.82) is 0 Å². The first-order valence-corrected chi connectivity index (χ1v) is 5.53. The van der Waals surface area contributed by atoms with Crippen LogP contribution in [0.4, 0.5) is 0 Å². The number of ether oxygens (including phenoxy) is 1. The minimum Gasteiger partial charge on any atom is -0.389 e. The molecule has 0 spiro atoms. The number of Topliss-reactive ketones (excluding diaryl/α,β-unsaturated/α-hetero) is 1. The molecule has 4 nitrogen and oxygen atoms in total. The second-order valence-electron chi connectivity index (χ2n) is 4.32. The van der Waals surface area contributed by atoms with Crippen LogP contribution in [0.15, 0.2) is 0 Å². The third-order valence-electron chi connectivity index (χ3n) is 2.91. The number of β-amino-alcohol motifs (C(OH)–C–C–N with tert-alkyl or cyclic N) is 1. The Labute approximate surface area is 91.2 Å². The fraction of sp³-hybridized carbons (Fsp3) is 0.909. The van der Waals surface area contributed by atoms with E-state index in [9.17, 15) is 9.90 Å². The SMILES string of the molecule is COCC(O)CN1CCCC(C(C)=O)C1. The molecular formula is C11H21NO3. The molecular weight excluding hydrogens is 194 g/mol. The van der Waals surface area contributed by atoms with E-state index < -0.39 is 6.10 Å². The molecule has 0 aromatic carbocycles. The van der Waals surface area contributed by atoms with Crippen LogP contribution in [0.3, 0.4) is 0 Å². The topological polar surface area (TPSA) is 49.8 Å². The standard InChI is InChI=1S/C11H21NO3/c1-9(13)10-4-3-5-12(6-10)7-11(14)8-15-2/h10-11,14H,3-8H2,1-2H3. The minimum atomic E-state index is -0.444. The Bertz CT molecular complexity index is 208. The number of aliphatic hydroxyl groups is 1. The van der Waals surface area contributed by atoms with Gasteiger partial charge in [0.1, 0.15) is 5.78 Å². The Morgan fingerprint density at radius 3 is 3.00 bits per heavy atom. The first-order valence-electron chi connectivity index (χ1n) is 5.53. The van der Waals surface area contributed by atoms with Gasteiger partial charge in [0.05, 0.1) is 12.7 Å². The van der Waals surface area contributed by atoms with Gasteiger partial charge in [-0.05, 0) is 26.3 Å². The van der Waals surface area contributed by atoms with E-state index in [0.29, 0.717) is 13.2 Å². The third kappa shape index (κ3) is 4.28. The van der Waals surface area contributed by atoms with E-state index in [-0.39, 0.29) is 11.7 Å². The monoisotopic (exact) mass is 215 g/mol. The molecule has 88 valence electrons. The summed E-state index contributed by atoms with van der Waals surface area (Å²) >= 11 is 0. The molecule has 0 aromatic rings. The molecule has 1 aliphatic heterocycles. The normalized spacial score (nSPS) is 25.1. The molecule has 1 rings (SSSR count). The van der Waals surface area contributed by atoms with Crippen LogP contribution < -0.4 is 0 Å². The van der Waals surface area contributed by atoms with E-state index in [2.05, 4.69) is 4.90 Å². The molecule has 0 aromatic heterocycles. The van der Waals surface area contributed by atoms with Crippen molar-refractivity contribution in [3.63, 3.8) is 0 Å². The summed E-state index contributed by atoms with van der Waals surface area (Å²) in [6.07, 6.45) is 1.59. The van der Waals surface area contributed by atoms with Gasteiger partial charge in [0.25, 0.3) is 0 Å². The van der Waals surface area contributed by atoms with Crippen LogP contribution in [-0.4, -0.2) is 55.2 Å². The minimum absolute atomic E-state index is 0.161. The number of hydrogen-bond acceptors (Lipinski definition) is 4. The average molecular weight is 215 g/mol. The molecule has 2 unspecified atom stereocenters. The quantitative estimate of drug-likeness (QED) is 0.716. The Balaban J connectivity index is 2.32. The highest BCUT2D eigenvalue weighted by Crippen LogP contribution is 2.17. The predicted octanol–water partition coefficient (Wildman–Crippen LogP) is 0.295. The molecule has 2 atom stereocenters. The van der Waals surface area contributed by atoms with Gasteiger partial charge in [-0.1, -0.05) is 0 Å². The van der Waals surface area contributed by atoms with E-state index >= 15 is 0 Å². The Morgan fingerprint density at radius 2 is 2.40 bits per heavy atom. The first kappa shape index (κ1) is 12.6. The fourth-order valence-electron chi connectivity index (χ4n) is 2.10. The number of ketones is 1. The Kier molecular flexibility index (Phi) is 5.22. The van der Waals surface area contributed by atoms with Crippen molar-refractivity contribution >= 4 is 5.78 Å². The lowest BCUT2D eigenvalue weighted by Gasteiger charge is -2.32. The predicted molar refractivity (Wildman–Crippen MR) is 57.7 cm³/mol. The van der Waals surface area contributed by atoms with Gasteiger partial charge in [-0.2, -0.15) is 0 Å². The maximum absolute atomic E-state index is 11.2. The summed E-state index contributed by atoms with van der Waals surface area (Å²) < 4.78 is 4.88. The van der Waals surface area contributed by atoms with Gasteiger partial charge in [-0.25, -0.2) is 0 Å². The van der Waals surface area contributed by atoms with E-state index in [1.165, 1.54) is 0 Å². The molecule has 1 aliphatic rings. The van der Waals surface area contributed by atoms with E-state index in [1.54, 1.807) is 14.0 Å². The molecule has 4 heteroatoms. The van der Waals surface area contributed by atoms with Crippen molar-refractivity contribution in [2.24, 2.45) is 5.92 Å². The highest BCUT2D eigenvalue weighted by Gasteiger charge is 2.24. The zero-order chi connectivity index (χ0) is 11.3. The van der Waals surface area contributed by atoms with Gasteiger partial charge >= 0.3 is 0 Å². The zero-order valence-electron chi connectivity index (χ0n) is 9.61. The van der Waals surface area contributed by atoms with Gasteiger partial charge < -0.3 is 9.84 Å². The average Bonchev–Trinajstić information content (AvgIpc) is 2.18. The van der Waals surface area contributed by atoms with E-state index in [4.69, 9.17) is 4.74 Å². The number of rotatable bonds is 5. The summed E-state index contributed by atoms with van der Waals surface area (Å²) in [5.74, 6) is 0.425. The number of carbonyl (C=O) groups excluding carboxylic acids is 1. The van der Waals surface area contributed by atoms with E-state index in [1.807, 2.05) is 0 Å². The molecule has 1 fully saturated rings. The number of piperidine rings is 1. The number of nitrogens with zero attached hydrogens (tertiary/aromatic N) is 1. The van der Waals surface area contributed by atoms with Gasteiger partial charge in [0.2, 0.25) is 0 Å². The molecule has 0 saturated carbocycles. The summed E-state index contributed by atoms with van der Waals surface area (Å²) in [7, 11) is 1.58. The number of likely N-dealkylation sites (tertiary alicyclic amines) is 1. The van der Waals surface area contributed by atoms with Gasteiger partial charge in [0.15, 0.2) is 0 Å². The fourth-order valence-corrected chi connectivity index (χ4v) is 2.10. The van der Waals surface area contributed by atoms with Crippen molar-refractivity contribution in [1.82, 2.24) is 4.90 Å². The van der Waals surface area contributed by atoms with E-state index in [0.717, 1.165) is 25.9 Å². The molecule has 0 aliphatic carbocycles. The zero-order valence-corrected chi connectivity index (χ0v) is 9.61. The van der Waals surface area contributed by atoms with Gasteiger partial charge in [0, 0.05) is 26.1 Å². The smallest absolute Gasteiger partial charge is 0.134 e. The van der Waals surface area contributed by atoms with Crippen LogP contribution in [0.1, 0.15) is 19.8 Å². The summed E-state index contributed by atoms with van der Waals surface area (Å²) in [6.45, 7) is 4.39. The molecule has 1 heterocycles. The Morgan fingerprint density at radius 1 is 1.67 bits per heavy atom. The second-order valence-corrected chi connectivity index (χ2v) is 4.32. The summed E-state index contributed by atoms with van der Waals surface area (Å²) in [4.78, 5) is 13.4. The highest BCUT2D eigenvalue weighted by atomic mass is 16.5. The molecule has 15 heavy (non-hydrogen) atoms. The van der Waals surface area contributed by atoms with Crippen molar-refractivity contribution in [3.05, 3.63) is 0 Å². The van der Waals surface area contributed by atoms with Crippen LogP contribution >= 0.6 is 0 Å². The Hall–Kier alpha value is -0.450. The molecule has 1 saturated heterocycles. The number of hydrogen-bond donors (Lipinski definition) is 1. The molecule has 0 bridgehead atoms. The number of aliphatic hydroxyl groups excluding tert-OH is 1. The maximum atomic E-state index is 11.2. The van der Waals surface area contributed by atoms with Crippen LogP contribution in [-0.2, 0) is 9.53 Å². The summed E-state index contributed by atoms with van der Waals surface area (Å²) in [6, 6.07) is 0. The first-order chi connectivity index (χ1) is 7.13. The largest absolute Gasteiger partial charge is 0.389 e. The van der Waals surface area contributed by atoms with Crippen molar-refractivity contribution in [2.75, 3.05) is 33.4 Å².